The third kappa shape index (κ3) is 5.99. The van der Waals surface area contributed by atoms with Gasteiger partial charge in [0.05, 0.1) is 4.48 Å². The monoisotopic (exact) mass is 304 g/mol. The van der Waals surface area contributed by atoms with E-state index in [1.165, 1.54) is 6.08 Å². The Morgan fingerprint density at radius 3 is 1.94 bits per heavy atom. The van der Waals surface area contributed by atoms with Crippen LogP contribution >= 0.6 is 15.9 Å². The molecule has 1 unspecified atom stereocenters. The largest absolute Gasteiger partial charge is 0.503 e. The Morgan fingerprint density at radius 2 is 1.75 bits per heavy atom. The summed E-state index contributed by atoms with van der Waals surface area (Å²) in [6.07, 6.45) is -3.95. The standard InChI is InChI=1S/C8H10BrF3.CH2O3/c1-7(2)4-5(7)3-6(9)8(10,11)12;2-1(3)4/h3,5H,4H2,1-2H3;(H2,2,3,4). The molecule has 0 saturated heterocycles. The molecule has 0 heterocycles. The number of carbonyl (C=O) groups is 1. The van der Waals surface area contributed by atoms with E-state index in [-0.39, 0.29) is 11.3 Å². The van der Waals surface area contributed by atoms with Crippen molar-refractivity contribution in [2.75, 3.05) is 0 Å². The van der Waals surface area contributed by atoms with Crippen molar-refractivity contribution in [1.82, 2.24) is 0 Å². The Kier molecular flexibility index (Phi) is 4.85. The van der Waals surface area contributed by atoms with Crippen molar-refractivity contribution in [3.05, 3.63) is 10.6 Å². The summed E-state index contributed by atoms with van der Waals surface area (Å²) in [5, 5.41) is 13.9. The van der Waals surface area contributed by atoms with E-state index in [9.17, 15) is 13.2 Å². The molecular formula is C9H12BrF3O3. The predicted octanol–water partition coefficient (Wildman–Crippen LogP) is 4.10. The van der Waals surface area contributed by atoms with Gasteiger partial charge >= 0.3 is 12.3 Å². The van der Waals surface area contributed by atoms with Gasteiger partial charge in [0.2, 0.25) is 0 Å². The zero-order valence-electron chi connectivity index (χ0n) is 8.68. The molecular weight excluding hydrogens is 293 g/mol. The number of hydrogen-bond acceptors (Lipinski definition) is 1. The van der Waals surface area contributed by atoms with Gasteiger partial charge in [-0.15, -0.1) is 0 Å². The van der Waals surface area contributed by atoms with Gasteiger partial charge in [-0.2, -0.15) is 13.2 Å². The van der Waals surface area contributed by atoms with Crippen LogP contribution < -0.4 is 0 Å². The maximum Gasteiger partial charge on any atom is 0.503 e. The van der Waals surface area contributed by atoms with Gasteiger partial charge in [0.15, 0.2) is 0 Å². The maximum atomic E-state index is 12.0. The van der Waals surface area contributed by atoms with Gasteiger partial charge in [-0.05, 0) is 33.7 Å². The SMILES string of the molecule is CC1(C)CC1C=C(Br)C(F)(F)F.O=C(O)O. The second-order valence-corrected chi connectivity index (χ2v) is 4.95. The van der Waals surface area contributed by atoms with Crippen LogP contribution in [0, 0.1) is 11.3 Å². The fourth-order valence-electron chi connectivity index (χ4n) is 1.06. The van der Waals surface area contributed by atoms with Crippen LogP contribution in [0.25, 0.3) is 0 Å². The number of carboxylic acid groups (broad SMARTS) is 2. The van der Waals surface area contributed by atoms with Gasteiger partial charge in [0, 0.05) is 0 Å². The molecule has 0 radical (unpaired) electrons. The van der Waals surface area contributed by atoms with E-state index in [1.54, 1.807) is 0 Å². The minimum absolute atomic E-state index is 0.0598. The topological polar surface area (TPSA) is 57.5 Å². The lowest BCUT2D eigenvalue weighted by molar-refractivity contribution is -0.0831. The summed E-state index contributed by atoms with van der Waals surface area (Å²) < 4.78 is 35.3. The second kappa shape index (κ2) is 5.07. The van der Waals surface area contributed by atoms with E-state index in [0.717, 1.165) is 6.42 Å². The molecule has 1 aliphatic rings. The number of halogens is 4. The number of rotatable bonds is 1. The fourth-order valence-corrected chi connectivity index (χ4v) is 1.38. The summed E-state index contributed by atoms with van der Waals surface area (Å²) in [5.74, 6) is 0.0773. The third-order valence-corrected chi connectivity index (χ3v) is 2.92. The minimum atomic E-state index is -4.22. The summed E-state index contributed by atoms with van der Waals surface area (Å²) in [7, 11) is 0. The highest BCUT2D eigenvalue weighted by molar-refractivity contribution is 9.11. The summed E-state index contributed by atoms with van der Waals surface area (Å²) in [4.78, 5) is 8.56. The molecule has 3 nitrogen and oxygen atoms in total. The molecule has 0 aromatic carbocycles. The van der Waals surface area contributed by atoms with Gasteiger partial charge in [-0.25, -0.2) is 4.79 Å². The average molecular weight is 305 g/mol. The van der Waals surface area contributed by atoms with Crippen LogP contribution in [-0.2, 0) is 0 Å². The van der Waals surface area contributed by atoms with E-state index in [0.29, 0.717) is 0 Å². The lowest BCUT2D eigenvalue weighted by Gasteiger charge is -2.04. The van der Waals surface area contributed by atoms with E-state index in [2.05, 4.69) is 15.9 Å². The van der Waals surface area contributed by atoms with Gasteiger partial charge in [-0.3, -0.25) is 0 Å². The van der Waals surface area contributed by atoms with Crippen molar-refractivity contribution in [1.29, 1.82) is 0 Å². The van der Waals surface area contributed by atoms with Gasteiger partial charge in [0.25, 0.3) is 0 Å². The van der Waals surface area contributed by atoms with Crippen LogP contribution in [-0.4, -0.2) is 22.5 Å². The molecule has 1 saturated carbocycles. The fraction of sp³-hybridized carbons (Fsp3) is 0.667. The lowest BCUT2D eigenvalue weighted by Crippen LogP contribution is -2.07. The predicted molar refractivity (Wildman–Crippen MR) is 55.6 cm³/mol. The molecule has 0 aromatic heterocycles. The van der Waals surface area contributed by atoms with E-state index >= 15 is 0 Å². The Labute approximate surface area is 99.1 Å². The van der Waals surface area contributed by atoms with Crippen LogP contribution in [0.1, 0.15) is 20.3 Å². The van der Waals surface area contributed by atoms with E-state index < -0.39 is 16.8 Å². The molecule has 0 aromatic rings. The molecule has 2 N–H and O–H groups in total. The highest BCUT2D eigenvalue weighted by Crippen LogP contribution is 2.54. The molecule has 1 fully saturated rings. The average Bonchev–Trinajstić information content (AvgIpc) is 2.54. The van der Waals surface area contributed by atoms with Gasteiger partial charge in [-0.1, -0.05) is 19.9 Å². The van der Waals surface area contributed by atoms with Crippen LogP contribution in [0.5, 0.6) is 0 Å². The highest BCUT2D eigenvalue weighted by atomic mass is 79.9. The lowest BCUT2D eigenvalue weighted by atomic mass is 10.1. The first kappa shape index (κ1) is 15.3. The summed E-state index contributed by atoms with van der Waals surface area (Å²) in [6, 6.07) is 0. The van der Waals surface area contributed by atoms with Crippen molar-refractivity contribution in [3.63, 3.8) is 0 Å². The molecule has 94 valence electrons. The van der Waals surface area contributed by atoms with Crippen molar-refractivity contribution in [3.8, 4) is 0 Å². The molecule has 0 aliphatic heterocycles. The molecule has 16 heavy (non-hydrogen) atoms. The first-order valence-electron chi connectivity index (χ1n) is 4.33. The first-order chi connectivity index (χ1) is 6.97. The van der Waals surface area contributed by atoms with Crippen molar-refractivity contribution < 1.29 is 28.2 Å². The second-order valence-electron chi connectivity index (χ2n) is 4.09. The molecule has 0 bridgehead atoms. The molecule has 1 atom stereocenters. The highest BCUT2D eigenvalue weighted by Gasteiger charge is 2.45. The van der Waals surface area contributed by atoms with Crippen LogP contribution in [0.3, 0.4) is 0 Å². The van der Waals surface area contributed by atoms with E-state index in [4.69, 9.17) is 15.0 Å². The van der Waals surface area contributed by atoms with Crippen LogP contribution in [0.4, 0.5) is 18.0 Å². The molecule has 1 rings (SSSR count). The van der Waals surface area contributed by atoms with Crippen molar-refractivity contribution in [2.24, 2.45) is 11.3 Å². The third-order valence-electron chi connectivity index (χ3n) is 2.21. The van der Waals surface area contributed by atoms with Crippen molar-refractivity contribution >= 4 is 22.1 Å². The quantitative estimate of drug-likeness (QED) is 0.767. The number of hydrogen-bond donors (Lipinski definition) is 2. The summed E-state index contributed by atoms with van der Waals surface area (Å²) >= 11 is 2.53. The first-order valence-corrected chi connectivity index (χ1v) is 5.12. The Balaban J connectivity index is 0.000000487. The molecule has 7 heteroatoms. The zero-order valence-corrected chi connectivity index (χ0v) is 10.3. The molecule has 0 amide bonds. The van der Waals surface area contributed by atoms with Gasteiger partial charge < -0.3 is 10.2 Å². The summed E-state index contributed by atoms with van der Waals surface area (Å²) in [6.45, 7) is 3.93. The Hall–Kier alpha value is -0.720. The molecule has 0 spiro atoms. The Bertz CT molecular complexity index is 293. The van der Waals surface area contributed by atoms with Crippen LogP contribution in [0.2, 0.25) is 0 Å². The number of allylic oxidation sites excluding steroid dienone is 2. The van der Waals surface area contributed by atoms with Gasteiger partial charge in [0.1, 0.15) is 0 Å². The zero-order chi connectivity index (χ0) is 13.1. The minimum Gasteiger partial charge on any atom is -0.450 e. The van der Waals surface area contributed by atoms with E-state index in [1.807, 2.05) is 13.8 Å². The summed E-state index contributed by atoms with van der Waals surface area (Å²) in [5.41, 5.74) is 0.0598. The Morgan fingerprint density at radius 1 is 1.44 bits per heavy atom. The maximum absolute atomic E-state index is 12.0. The normalized spacial score (nSPS) is 23.1. The smallest absolute Gasteiger partial charge is 0.450 e. The van der Waals surface area contributed by atoms with Crippen molar-refractivity contribution in [2.45, 2.75) is 26.4 Å². The molecule has 1 aliphatic carbocycles. The van der Waals surface area contributed by atoms with Crippen LogP contribution in [0.15, 0.2) is 10.6 Å². The number of alkyl halides is 3.